The van der Waals surface area contributed by atoms with Gasteiger partial charge in [-0.05, 0) is 78.5 Å². The van der Waals surface area contributed by atoms with Crippen LogP contribution in [0.1, 0.15) is 47.6 Å². The van der Waals surface area contributed by atoms with E-state index in [9.17, 15) is 9.59 Å². The number of anilines is 2. The van der Waals surface area contributed by atoms with Crippen LogP contribution in [0.3, 0.4) is 0 Å². The van der Waals surface area contributed by atoms with Gasteiger partial charge in [-0.3, -0.25) is 4.79 Å². The number of para-hydroxylation sites is 1. The number of hydrogen-bond acceptors (Lipinski definition) is 11. The van der Waals surface area contributed by atoms with E-state index in [1.807, 2.05) is 26.0 Å². The quantitative estimate of drug-likeness (QED) is 0.230. The number of nitrogens with zero attached hydrogens (tertiary/aromatic N) is 8. The number of nitrogen functional groups attached to an aromatic ring is 1. The van der Waals surface area contributed by atoms with E-state index in [-0.39, 0.29) is 17.3 Å². The summed E-state index contributed by atoms with van der Waals surface area (Å²) >= 11 is 0. The number of benzene rings is 2. The number of nitrogens with two attached hydrogens (primary N) is 1. The highest BCUT2D eigenvalue weighted by atomic mass is 16.6. The molecule has 1 aliphatic rings. The van der Waals surface area contributed by atoms with Gasteiger partial charge >= 0.3 is 6.09 Å². The van der Waals surface area contributed by atoms with E-state index in [4.69, 9.17) is 15.1 Å². The molecule has 3 heterocycles. The van der Waals surface area contributed by atoms with Crippen LogP contribution in [0.4, 0.5) is 16.3 Å². The molecule has 0 saturated heterocycles. The number of amides is 2. The van der Waals surface area contributed by atoms with E-state index in [0.717, 1.165) is 25.1 Å². The Bertz CT molecular complexity index is 1540. The Hall–Kier alpha value is -5.27. The predicted molar refractivity (Wildman–Crippen MR) is 150 cm³/mol. The number of hydrogen-bond donors (Lipinski definition) is 2. The normalized spacial score (nSPS) is 12.8. The van der Waals surface area contributed by atoms with Gasteiger partial charge in [0.15, 0.2) is 5.69 Å². The number of carbonyl (C=O) groups is 2. The fourth-order valence-corrected chi connectivity index (χ4v) is 4.57. The minimum absolute atomic E-state index is 0.0198. The van der Waals surface area contributed by atoms with Crippen molar-refractivity contribution >= 4 is 29.7 Å². The Morgan fingerprint density at radius 1 is 1.15 bits per heavy atom. The summed E-state index contributed by atoms with van der Waals surface area (Å²) in [6.07, 6.45) is 3.00. The molecule has 41 heavy (non-hydrogen) atoms. The highest BCUT2D eigenvalue weighted by molar-refractivity contribution is 5.94. The molecule has 0 radical (unpaired) electrons. The van der Waals surface area contributed by atoms with E-state index in [1.165, 1.54) is 16.5 Å². The van der Waals surface area contributed by atoms with Crippen molar-refractivity contribution in [2.24, 2.45) is 5.10 Å². The fraction of sp³-hybridized carbons (Fsp3) is 0.296. The molecule has 14 heteroatoms. The van der Waals surface area contributed by atoms with Crippen LogP contribution < -0.4 is 20.8 Å². The summed E-state index contributed by atoms with van der Waals surface area (Å²) < 4.78 is 11.5. The largest absolute Gasteiger partial charge is 0.415 e. The number of aryl methyl sites for hydroxylation is 1. The van der Waals surface area contributed by atoms with Crippen LogP contribution in [-0.4, -0.2) is 68.1 Å². The van der Waals surface area contributed by atoms with Crippen LogP contribution in [0.5, 0.6) is 5.75 Å². The molecule has 0 atom stereocenters. The summed E-state index contributed by atoms with van der Waals surface area (Å²) in [6.45, 7) is 5.99. The average Bonchev–Trinajstić information content (AvgIpc) is 3.60. The van der Waals surface area contributed by atoms with Gasteiger partial charge in [0.05, 0.1) is 18.5 Å². The van der Waals surface area contributed by atoms with Gasteiger partial charge in [-0.25, -0.2) is 14.8 Å². The molecule has 0 aliphatic carbocycles. The van der Waals surface area contributed by atoms with Crippen molar-refractivity contribution in [1.29, 1.82) is 0 Å². The first-order valence-electron chi connectivity index (χ1n) is 13.2. The van der Waals surface area contributed by atoms with Gasteiger partial charge in [0.1, 0.15) is 5.75 Å². The Morgan fingerprint density at radius 2 is 1.93 bits per heavy atom. The molecule has 0 fully saturated rings. The lowest BCUT2D eigenvalue weighted by atomic mass is 10.0. The molecule has 0 saturated carbocycles. The monoisotopic (exact) mass is 558 g/mol. The first-order valence-corrected chi connectivity index (χ1v) is 13.2. The highest BCUT2D eigenvalue weighted by Gasteiger charge is 2.27. The van der Waals surface area contributed by atoms with Gasteiger partial charge in [-0.2, -0.15) is 9.78 Å². The standard InChI is InChI=1S/C27H30N10O4/c1-3-35(4-2)27(39)40-20-13-11-18(12-14-20)16-29-31-26(38)23-22(37(34-30-23)25-24(28)32-41-33-25)17-36-15-7-9-19-8-5-6-10-21(19)36/h5-6,8,10-14,16H,3-4,7,9,15,17H2,1-2H3,(H2,28,32)(H,31,38)/b29-16-. The van der Waals surface area contributed by atoms with Gasteiger partial charge < -0.3 is 20.3 Å². The number of nitrogens with one attached hydrogen (secondary N) is 1. The summed E-state index contributed by atoms with van der Waals surface area (Å²) in [6, 6.07) is 14.9. The number of aromatic nitrogens is 5. The van der Waals surface area contributed by atoms with Gasteiger partial charge in [-0.1, -0.05) is 23.4 Å². The lowest BCUT2D eigenvalue weighted by Gasteiger charge is -2.31. The lowest BCUT2D eigenvalue weighted by molar-refractivity contribution is 0.0949. The molecule has 2 aromatic carbocycles. The molecule has 4 aromatic rings. The van der Waals surface area contributed by atoms with Crippen LogP contribution in [0.15, 0.2) is 58.3 Å². The van der Waals surface area contributed by atoms with Crippen molar-refractivity contribution in [3.8, 4) is 11.6 Å². The maximum atomic E-state index is 13.2. The minimum atomic E-state index is -0.562. The van der Waals surface area contributed by atoms with E-state index in [2.05, 4.69) is 48.2 Å². The Labute approximate surface area is 235 Å². The van der Waals surface area contributed by atoms with Crippen LogP contribution in [0.25, 0.3) is 5.82 Å². The fourth-order valence-electron chi connectivity index (χ4n) is 4.57. The summed E-state index contributed by atoms with van der Waals surface area (Å²) in [7, 11) is 0. The molecule has 1 aliphatic heterocycles. The van der Waals surface area contributed by atoms with Crippen LogP contribution in [0.2, 0.25) is 0 Å². The lowest BCUT2D eigenvalue weighted by Crippen LogP contribution is -2.33. The van der Waals surface area contributed by atoms with Crippen molar-refractivity contribution in [3.05, 3.63) is 71.0 Å². The SMILES string of the molecule is CCN(CC)C(=O)Oc1ccc(/C=N\NC(=O)c2nnn(-c3nonc3N)c2CN2CCCc3ccccc32)cc1. The van der Waals surface area contributed by atoms with Crippen molar-refractivity contribution in [2.75, 3.05) is 30.3 Å². The van der Waals surface area contributed by atoms with Crippen LogP contribution in [-0.2, 0) is 13.0 Å². The summed E-state index contributed by atoms with van der Waals surface area (Å²) in [5.74, 6) is 0.00589. The summed E-state index contributed by atoms with van der Waals surface area (Å²) in [5.41, 5.74) is 11.9. The Kier molecular flexibility index (Phi) is 8.18. The number of ether oxygens (including phenoxy) is 1. The van der Waals surface area contributed by atoms with Gasteiger partial charge in [0, 0.05) is 25.3 Å². The molecule has 2 amide bonds. The second kappa shape index (κ2) is 12.3. The molecule has 2 aromatic heterocycles. The first-order chi connectivity index (χ1) is 20.0. The first kappa shape index (κ1) is 27.3. The number of carbonyl (C=O) groups excluding carboxylic acids is 2. The molecular weight excluding hydrogens is 528 g/mol. The molecule has 0 bridgehead atoms. The second-order valence-electron chi connectivity index (χ2n) is 9.23. The van der Waals surface area contributed by atoms with E-state index in [0.29, 0.717) is 36.6 Å². The Morgan fingerprint density at radius 3 is 2.66 bits per heavy atom. The van der Waals surface area contributed by atoms with Crippen molar-refractivity contribution in [3.63, 3.8) is 0 Å². The second-order valence-corrected chi connectivity index (χ2v) is 9.23. The molecule has 14 nitrogen and oxygen atoms in total. The zero-order chi connectivity index (χ0) is 28.8. The van der Waals surface area contributed by atoms with E-state index < -0.39 is 12.0 Å². The Balaban J connectivity index is 1.32. The molecule has 0 unspecified atom stereocenters. The average molecular weight is 559 g/mol. The molecule has 212 valence electrons. The third-order valence-corrected chi connectivity index (χ3v) is 6.71. The highest BCUT2D eigenvalue weighted by Crippen LogP contribution is 2.29. The van der Waals surface area contributed by atoms with Gasteiger partial charge in [0.2, 0.25) is 11.6 Å². The molecule has 3 N–H and O–H groups in total. The van der Waals surface area contributed by atoms with Crippen LogP contribution >= 0.6 is 0 Å². The van der Waals surface area contributed by atoms with Gasteiger partial charge in [0.25, 0.3) is 5.91 Å². The van der Waals surface area contributed by atoms with Crippen molar-refractivity contribution in [2.45, 2.75) is 33.2 Å². The number of hydrazone groups is 1. The zero-order valence-electron chi connectivity index (χ0n) is 22.7. The summed E-state index contributed by atoms with van der Waals surface area (Å²) in [4.78, 5) is 29.1. The van der Waals surface area contributed by atoms with Crippen LogP contribution in [0, 0.1) is 0 Å². The van der Waals surface area contributed by atoms with E-state index >= 15 is 0 Å². The molecular formula is C27H30N10O4. The third-order valence-electron chi connectivity index (χ3n) is 6.71. The molecule has 5 rings (SSSR count). The number of rotatable bonds is 9. The van der Waals surface area contributed by atoms with Crippen molar-refractivity contribution in [1.82, 2.24) is 35.6 Å². The predicted octanol–water partition coefficient (Wildman–Crippen LogP) is 2.79. The smallest absolute Gasteiger partial charge is 0.410 e. The van der Waals surface area contributed by atoms with E-state index in [1.54, 1.807) is 29.2 Å². The zero-order valence-corrected chi connectivity index (χ0v) is 22.7. The number of fused-ring (bicyclic) bond motifs is 1. The summed E-state index contributed by atoms with van der Waals surface area (Å²) in [5, 5.41) is 19.8. The third kappa shape index (κ3) is 6.00. The van der Waals surface area contributed by atoms with Gasteiger partial charge in [-0.15, -0.1) is 5.10 Å². The minimum Gasteiger partial charge on any atom is -0.410 e. The maximum Gasteiger partial charge on any atom is 0.415 e. The van der Waals surface area contributed by atoms with Crippen molar-refractivity contribution < 1.29 is 19.0 Å². The maximum absolute atomic E-state index is 13.2. The topological polar surface area (TPSA) is 170 Å². The molecule has 0 spiro atoms.